The highest BCUT2D eigenvalue weighted by Gasteiger charge is 2.39. The Morgan fingerprint density at radius 3 is 2.92 bits per heavy atom. The molecule has 0 bridgehead atoms. The minimum absolute atomic E-state index is 0.180. The number of carbonyl (C=O) groups excluding carboxylic acids is 1. The molecule has 1 fully saturated rings. The molecule has 132 valence electrons. The topological polar surface area (TPSA) is 93.5 Å². The van der Waals surface area contributed by atoms with Crippen LogP contribution in [0.4, 0.5) is 0 Å². The molecule has 0 spiro atoms. The number of aliphatic carboxylic acids is 1. The van der Waals surface area contributed by atoms with Gasteiger partial charge in [0, 0.05) is 11.6 Å². The van der Waals surface area contributed by atoms with Gasteiger partial charge in [0.1, 0.15) is 0 Å². The van der Waals surface area contributed by atoms with Crippen LogP contribution in [0.15, 0.2) is 30.5 Å². The van der Waals surface area contributed by atoms with Gasteiger partial charge in [0.05, 0.1) is 41.7 Å². The van der Waals surface area contributed by atoms with E-state index in [1.54, 1.807) is 29.8 Å². The number of ether oxygens (including phenoxy) is 1. The van der Waals surface area contributed by atoms with E-state index in [9.17, 15) is 9.59 Å². The van der Waals surface area contributed by atoms with Crippen LogP contribution in [0.1, 0.15) is 28.9 Å². The number of carboxylic acids is 1. The van der Waals surface area contributed by atoms with Crippen molar-refractivity contribution >= 4 is 23.5 Å². The van der Waals surface area contributed by atoms with Gasteiger partial charge in [-0.2, -0.15) is 5.10 Å². The van der Waals surface area contributed by atoms with Crippen LogP contribution in [0.25, 0.3) is 5.69 Å². The van der Waals surface area contributed by atoms with Gasteiger partial charge in [0.2, 0.25) is 0 Å². The highest BCUT2D eigenvalue weighted by Crippen LogP contribution is 2.24. The Balaban J connectivity index is 1.84. The zero-order valence-electron chi connectivity index (χ0n) is 13.7. The van der Waals surface area contributed by atoms with Crippen molar-refractivity contribution in [1.29, 1.82) is 0 Å². The van der Waals surface area contributed by atoms with E-state index >= 15 is 0 Å². The second kappa shape index (κ2) is 6.85. The lowest BCUT2D eigenvalue weighted by Crippen LogP contribution is -2.50. The third-order valence-corrected chi connectivity index (χ3v) is 4.51. The van der Waals surface area contributed by atoms with E-state index < -0.39 is 11.5 Å². The normalized spacial score (nSPS) is 19.8. The summed E-state index contributed by atoms with van der Waals surface area (Å²) in [5.74, 6) is -1.34. The minimum atomic E-state index is -0.975. The van der Waals surface area contributed by atoms with E-state index in [1.807, 2.05) is 6.07 Å². The smallest absolute Gasteiger partial charge is 0.305 e. The maximum Gasteiger partial charge on any atom is 0.305 e. The van der Waals surface area contributed by atoms with Crippen molar-refractivity contribution in [1.82, 2.24) is 15.1 Å². The number of nitrogens with zero attached hydrogens (tertiary/aromatic N) is 2. The highest BCUT2D eigenvalue weighted by atomic mass is 35.5. The molecule has 1 atom stereocenters. The summed E-state index contributed by atoms with van der Waals surface area (Å²) < 4.78 is 6.92. The molecule has 3 rings (SSSR count). The molecule has 25 heavy (non-hydrogen) atoms. The molecule has 1 aliphatic heterocycles. The van der Waals surface area contributed by atoms with Crippen LogP contribution in [0.2, 0.25) is 5.02 Å². The first-order chi connectivity index (χ1) is 11.9. The number of rotatable bonds is 5. The Morgan fingerprint density at radius 2 is 2.28 bits per heavy atom. The van der Waals surface area contributed by atoms with Crippen molar-refractivity contribution in [3.63, 3.8) is 0 Å². The molecular weight excluding hydrogens is 346 g/mol. The highest BCUT2D eigenvalue weighted by molar-refractivity contribution is 6.30. The molecule has 2 N–H and O–H groups in total. The van der Waals surface area contributed by atoms with Gasteiger partial charge in [-0.25, -0.2) is 4.68 Å². The molecule has 1 saturated heterocycles. The van der Waals surface area contributed by atoms with Gasteiger partial charge in [-0.15, -0.1) is 0 Å². The van der Waals surface area contributed by atoms with Crippen molar-refractivity contribution in [3.8, 4) is 5.69 Å². The van der Waals surface area contributed by atoms with Gasteiger partial charge in [0.25, 0.3) is 5.91 Å². The van der Waals surface area contributed by atoms with E-state index in [-0.39, 0.29) is 18.9 Å². The molecule has 1 aliphatic rings. The summed E-state index contributed by atoms with van der Waals surface area (Å²) in [6.45, 7) is 2.39. The summed E-state index contributed by atoms with van der Waals surface area (Å²) >= 11 is 6.01. The molecule has 1 aromatic carbocycles. The van der Waals surface area contributed by atoms with Gasteiger partial charge >= 0.3 is 5.97 Å². The lowest BCUT2D eigenvalue weighted by atomic mass is 9.94. The van der Waals surface area contributed by atoms with E-state index in [1.165, 1.54) is 6.20 Å². The van der Waals surface area contributed by atoms with Crippen molar-refractivity contribution in [3.05, 3.63) is 46.7 Å². The van der Waals surface area contributed by atoms with E-state index in [0.29, 0.717) is 29.3 Å². The van der Waals surface area contributed by atoms with Crippen LogP contribution in [0.5, 0.6) is 0 Å². The Morgan fingerprint density at radius 1 is 1.48 bits per heavy atom. The molecule has 0 radical (unpaired) electrons. The third kappa shape index (κ3) is 3.67. The molecule has 2 heterocycles. The first kappa shape index (κ1) is 17.4. The molecule has 8 heteroatoms. The number of hydrogen-bond donors (Lipinski definition) is 2. The predicted molar refractivity (Wildman–Crippen MR) is 91.2 cm³/mol. The quantitative estimate of drug-likeness (QED) is 0.849. The molecule has 1 amide bonds. The molecule has 2 aromatic rings. The minimum Gasteiger partial charge on any atom is -0.481 e. The SMILES string of the molecule is Cc1c(C(=O)NC2(CC(=O)O)CCOC2)cnn1-c1cccc(Cl)c1. The number of benzene rings is 1. The summed E-state index contributed by atoms with van der Waals surface area (Å²) in [6, 6.07) is 7.15. The number of halogens is 1. The van der Waals surface area contributed by atoms with Crippen LogP contribution < -0.4 is 5.32 Å². The fraction of sp³-hybridized carbons (Fsp3) is 0.353. The molecular formula is C17H18ClN3O4. The summed E-state index contributed by atoms with van der Waals surface area (Å²) in [4.78, 5) is 23.8. The number of amides is 1. The van der Waals surface area contributed by atoms with E-state index in [4.69, 9.17) is 21.4 Å². The van der Waals surface area contributed by atoms with Crippen molar-refractivity contribution in [2.75, 3.05) is 13.2 Å². The standard InChI is InChI=1S/C17H18ClN3O4/c1-11-14(9-19-21(11)13-4-2-3-12(18)7-13)16(24)20-17(8-15(22)23)5-6-25-10-17/h2-4,7,9H,5-6,8,10H2,1H3,(H,20,24)(H,22,23). The average Bonchev–Trinajstić information content (AvgIpc) is 3.13. The molecule has 1 unspecified atom stereocenters. The Labute approximate surface area is 149 Å². The number of carboxylic acid groups (broad SMARTS) is 1. The zero-order valence-corrected chi connectivity index (χ0v) is 14.4. The summed E-state index contributed by atoms with van der Waals surface area (Å²) in [7, 11) is 0. The van der Waals surface area contributed by atoms with Crippen LogP contribution in [-0.4, -0.2) is 45.5 Å². The average molecular weight is 364 g/mol. The molecule has 0 aliphatic carbocycles. The fourth-order valence-electron chi connectivity index (χ4n) is 2.99. The van der Waals surface area contributed by atoms with Crippen LogP contribution in [0.3, 0.4) is 0 Å². The number of nitrogens with one attached hydrogen (secondary N) is 1. The van der Waals surface area contributed by atoms with Gasteiger partial charge in [-0.05, 0) is 31.5 Å². The Kier molecular flexibility index (Phi) is 4.78. The van der Waals surface area contributed by atoms with Gasteiger partial charge in [0.15, 0.2) is 0 Å². The maximum atomic E-state index is 12.7. The second-order valence-corrected chi connectivity index (χ2v) is 6.58. The maximum absolute atomic E-state index is 12.7. The van der Waals surface area contributed by atoms with Crippen LogP contribution >= 0.6 is 11.6 Å². The third-order valence-electron chi connectivity index (χ3n) is 4.28. The van der Waals surface area contributed by atoms with Gasteiger partial charge in [-0.1, -0.05) is 17.7 Å². The second-order valence-electron chi connectivity index (χ2n) is 6.14. The zero-order chi connectivity index (χ0) is 18.0. The monoisotopic (exact) mass is 363 g/mol. The summed E-state index contributed by atoms with van der Waals surface area (Å²) in [5, 5.41) is 16.8. The van der Waals surface area contributed by atoms with E-state index in [0.717, 1.165) is 5.69 Å². The van der Waals surface area contributed by atoms with Crippen LogP contribution in [0, 0.1) is 6.92 Å². The van der Waals surface area contributed by atoms with Crippen molar-refractivity contribution < 1.29 is 19.4 Å². The molecule has 7 nitrogen and oxygen atoms in total. The molecule has 1 aromatic heterocycles. The first-order valence-corrected chi connectivity index (χ1v) is 8.21. The lowest BCUT2D eigenvalue weighted by Gasteiger charge is -2.26. The number of aromatic nitrogens is 2. The predicted octanol–water partition coefficient (Wildman–Crippen LogP) is 2.20. The summed E-state index contributed by atoms with van der Waals surface area (Å²) in [6.07, 6.45) is 1.75. The fourth-order valence-corrected chi connectivity index (χ4v) is 3.17. The van der Waals surface area contributed by atoms with E-state index in [2.05, 4.69) is 10.4 Å². The van der Waals surface area contributed by atoms with Crippen molar-refractivity contribution in [2.45, 2.75) is 25.3 Å². The van der Waals surface area contributed by atoms with Gasteiger partial charge in [-0.3, -0.25) is 9.59 Å². The lowest BCUT2D eigenvalue weighted by molar-refractivity contribution is -0.138. The van der Waals surface area contributed by atoms with Crippen molar-refractivity contribution in [2.24, 2.45) is 0 Å². The van der Waals surface area contributed by atoms with Crippen LogP contribution in [-0.2, 0) is 9.53 Å². The Bertz CT molecular complexity index is 812. The Hall–Kier alpha value is -2.38. The van der Waals surface area contributed by atoms with Gasteiger partial charge < -0.3 is 15.2 Å². The number of carbonyl (C=O) groups is 2. The molecule has 0 saturated carbocycles. The largest absolute Gasteiger partial charge is 0.481 e. The first-order valence-electron chi connectivity index (χ1n) is 7.83. The number of hydrogen-bond acceptors (Lipinski definition) is 4. The summed E-state index contributed by atoms with van der Waals surface area (Å²) in [5.41, 5.74) is 0.891.